The number of nitrogens with zero attached hydrogens (tertiary/aromatic N) is 4. The van der Waals surface area contributed by atoms with Gasteiger partial charge in [0.2, 0.25) is 5.13 Å². The van der Waals surface area contributed by atoms with Crippen LogP contribution in [0.2, 0.25) is 0 Å². The van der Waals surface area contributed by atoms with Gasteiger partial charge in [0.15, 0.2) is 5.01 Å². The largest absolute Gasteiger partial charge is 0.358 e. The molecule has 0 amide bonds. The van der Waals surface area contributed by atoms with E-state index in [9.17, 15) is 0 Å². The Morgan fingerprint density at radius 3 is 2.62 bits per heavy atom. The van der Waals surface area contributed by atoms with E-state index in [-0.39, 0.29) is 0 Å². The smallest absolute Gasteiger partial charge is 0.206 e. The third-order valence-corrected chi connectivity index (χ3v) is 3.97. The Labute approximate surface area is 127 Å². The van der Waals surface area contributed by atoms with Gasteiger partial charge in [-0.25, -0.2) is 4.68 Å². The van der Waals surface area contributed by atoms with Gasteiger partial charge in [0, 0.05) is 6.04 Å². The fraction of sp³-hybridized carbons (Fsp3) is 0.267. The fourth-order valence-corrected chi connectivity index (χ4v) is 3.04. The first-order valence-corrected chi connectivity index (χ1v) is 7.67. The average molecular weight is 299 g/mol. The van der Waals surface area contributed by atoms with Gasteiger partial charge in [-0.15, -0.1) is 10.2 Å². The summed E-state index contributed by atoms with van der Waals surface area (Å²) in [6.45, 7) is 6.21. The molecule has 3 rings (SSSR count). The molecule has 0 fully saturated rings. The van der Waals surface area contributed by atoms with Crippen LogP contribution in [0, 0.1) is 6.92 Å². The fourth-order valence-electron chi connectivity index (χ4n) is 2.09. The Hall–Kier alpha value is -2.21. The summed E-state index contributed by atoms with van der Waals surface area (Å²) in [5.74, 6) is 0. The molecule has 1 aromatic carbocycles. The standard InChI is InChI=1S/C15H17N5S/c1-10(2)17-15-19-18-14(21-15)13-9-16-20(11(13)3)12-7-5-4-6-8-12/h4-10H,1-3H3,(H,17,19). The number of hydrogen-bond acceptors (Lipinski definition) is 5. The molecule has 0 aliphatic rings. The zero-order valence-corrected chi connectivity index (χ0v) is 13.1. The van der Waals surface area contributed by atoms with E-state index < -0.39 is 0 Å². The lowest BCUT2D eigenvalue weighted by Gasteiger charge is -2.04. The molecule has 21 heavy (non-hydrogen) atoms. The molecule has 0 radical (unpaired) electrons. The van der Waals surface area contributed by atoms with Crippen molar-refractivity contribution in [2.24, 2.45) is 0 Å². The zero-order valence-electron chi connectivity index (χ0n) is 12.2. The van der Waals surface area contributed by atoms with E-state index in [1.165, 1.54) is 0 Å². The Morgan fingerprint density at radius 1 is 1.14 bits per heavy atom. The summed E-state index contributed by atoms with van der Waals surface area (Å²) in [5.41, 5.74) is 3.13. The summed E-state index contributed by atoms with van der Waals surface area (Å²) in [7, 11) is 0. The minimum Gasteiger partial charge on any atom is -0.358 e. The van der Waals surface area contributed by atoms with Crippen molar-refractivity contribution in [2.45, 2.75) is 26.8 Å². The van der Waals surface area contributed by atoms with Gasteiger partial charge >= 0.3 is 0 Å². The van der Waals surface area contributed by atoms with Gasteiger partial charge in [-0.3, -0.25) is 0 Å². The molecule has 108 valence electrons. The summed E-state index contributed by atoms with van der Waals surface area (Å²) in [4.78, 5) is 0. The third-order valence-electron chi connectivity index (χ3n) is 3.08. The molecule has 0 saturated heterocycles. The maximum atomic E-state index is 4.47. The van der Waals surface area contributed by atoms with Crippen LogP contribution in [0.4, 0.5) is 5.13 Å². The minimum atomic E-state index is 0.346. The van der Waals surface area contributed by atoms with Crippen molar-refractivity contribution in [1.82, 2.24) is 20.0 Å². The van der Waals surface area contributed by atoms with E-state index in [2.05, 4.69) is 34.5 Å². The van der Waals surface area contributed by atoms with E-state index >= 15 is 0 Å². The molecule has 0 saturated carbocycles. The molecule has 2 heterocycles. The molecule has 0 aliphatic carbocycles. The quantitative estimate of drug-likeness (QED) is 0.801. The summed E-state index contributed by atoms with van der Waals surface area (Å²) < 4.78 is 1.92. The normalized spacial score (nSPS) is 11.0. The third kappa shape index (κ3) is 2.80. The van der Waals surface area contributed by atoms with Gasteiger partial charge in [-0.1, -0.05) is 29.5 Å². The predicted octanol–water partition coefficient (Wildman–Crippen LogP) is 3.52. The topological polar surface area (TPSA) is 55.6 Å². The van der Waals surface area contributed by atoms with Gasteiger partial charge in [0.05, 0.1) is 23.1 Å². The number of nitrogens with one attached hydrogen (secondary N) is 1. The molecular formula is C15H17N5S. The summed E-state index contributed by atoms with van der Waals surface area (Å²) in [6, 6.07) is 10.4. The SMILES string of the molecule is Cc1c(-c2nnc(NC(C)C)s2)cnn1-c1ccccc1. The molecule has 0 unspecified atom stereocenters. The predicted molar refractivity (Wildman–Crippen MR) is 86.0 cm³/mol. The van der Waals surface area contributed by atoms with Crippen LogP contribution in [0.1, 0.15) is 19.5 Å². The van der Waals surface area contributed by atoms with Crippen molar-refractivity contribution in [3.05, 3.63) is 42.2 Å². The van der Waals surface area contributed by atoms with E-state index in [0.717, 1.165) is 27.1 Å². The average Bonchev–Trinajstić information content (AvgIpc) is 3.06. The summed E-state index contributed by atoms with van der Waals surface area (Å²) in [6.07, 6.45) is 1.85. The maximum Gasteiger partial charge on any atom is 0.206 e. The highest BCUT2D eigenvalue weighted by atomic mass is 32.1. The molecule has 1 N–H and O–H groups in total. The monoisotopic (exact) mass is 299 g/mol. The van der Waals surface area contributed by atoms with Crippen LogP contribution in [-0.2, 0) is 0 Å². The number of hydrogen-bond donors (Lipinski definition) is 1. The van der Waals surface area contributed by atoms with Gasteiger partial charge in [0.25, 0.3) is 0 Å². The van der Waals surface area contributed by atoms with E-state index in [1.807, 2.05) is 48.1 Å². The number of para-hydroxylation sites is 1. The lowest BCUT2D eigenvalue weighted by atomic mass is 10.2. The van der Waals surface area contributed by atoms with Gasteiger partial charge in [-0.05, 0) is 32.9 Å². The first kappa shape index (κ1) is 13.8. The molecule has 3 aromatic rings. The second kappa shape index (κ2) is 5.65. The molecule has 0 aliphatic heterocycles. The Bertz CT molecular complexity index is 730. The molecule has 0 atom stereocenters. The minimum absolute atomic E-state index is 0.346. The molecule has 2 aromatic heterocycles. The van der Waals surface area contributed by atoms with Gasteiger partial charge < -0.3 is 5.32 Å². The van der Waals surface area contributed by atoms with E-state index in [0.29, 0.717) is 6.04 Å². The molecule has 0 spiro atoms. The zero-order chi connectivity index (χ0) is 14.8. The van der Waals surface area contributed by atoms with Crippen molar-refractivity contribution in [3.63, 3.8) is 0 Å². The highest BCUT2D eigenvalue weighted by Gasteiger charge is 2.14. The highest BCUT2D eigenvalue weighted by molar-refractivity contribution is 7.18. The van der Waals surface area contributed by atoms with Crippen molar-refractivity contribution in [1.29, 1.82) is 0 Å². The Kier molecular flexibility index (Phi) is 3.70. The van der Waals surface area contributed by atoms with Crippen molar-refractivity contribution >= 4 is 16.5 Å². The van der Waals surface area contributed by atoms with Crippen molar-refractivity contribution in [3.8, 4) is 16.3 Å². The maximum absolute atomic E-state index is 4.47. The molecule has 5 nitrogen and oxygen atoms in total. The van der Waals surface area contributed by atoms with Gasteiger partial charge in [-0.2, -0.15) is 5.10 Å². The van der Waals surface area contributed by atoms with Crippen LogP contribution in [0.5, 0.6) is 0 Å². The number of aromatic nitrogens is 4. The van der Waals surface area contributed by atoms with Crippen molar-refractivity contribution in [2.75, 3.05) is 5.32 Å². The highest BCUT2D eigenvalue weighted by Crippen LogP contribution is 2.29. The number of benzene rings is 1. The lowest BCUT2D eigenvalue weighted by Crippen LogP contribution is -2.08. The first-order valence-electron chi connectivity index (χ1n) is 6.85. The second-order valence-electron chi connectivity index (χ2n) is 5.10. The van der Waals surface area contributed by atoms with Crippen molar-refractivity contribution < 1.29 is 0 Å². The Morgan fingerprint density at radius 2 is 1.90 bits per heavy atom. The Balaban J connectivity index is 1.94. The van der Waals surface area contributed by atoms with Crippen LogP contribution in [0.25, 0.3) is 16.3 Å². The second-order valence-corrected chi connectivity index (χ2v) is 6.08. The van der Waals surface area contributed by atoms with Crippen LogP contribution >= 0.6 is 11.3 Å². The molecule has 6 heteroatoms. The van der Waals surface area contributed by atoms with Crippen LogP contribution in [0.3, 0.4) is 0 Å². The lowest BCUT2D eigenvalue weighted by molar-refractivity contribution is 0.847. The summed E-state index contributed by atoms with van der Waals surface area (Å²) >= 11 is 1.55. The number of rotatable bonds is 4. The van der Waals surface area contributed by atoms with E-state index in [4.69, 9.17) is 0 Å². The molecule has 0 bridgehead atoms. The van der Waals surface area contributed by atoms with Crippen LogP contribution < -0.4 is 5.32 Å². The molecular weight excluding hydrogens is 282 g/mol. The van der Waals surface area contributed by atoms with Crippen LogP contribution in [0.15, 0.2) is 36.5 Å². The van der Waals surface area contributed by atoms with E-state index in [1.54, 1.807) is 11.3 Å². The summed E-state index contributed by atoms with van der Waals surface area (Å²) in [5, 5.41) is 17.9. The number of anilines is 1. The van der Waals surface area contributed by atoms with Crippen LogP contribution in [-0.4, -0.2) is 26.0 Å². The van der Waals surface area contributed by atoms with Gasteiger partial charge in [0.1, 0.15) is 0 Å². The first-order chi connectivity index (χ1) is 10.1.